The third-order valence-electron chi connectivity index (χ3n) is 4.36. The Bertz CT molecular complexity index is 890. The number of amides is 1. The molecule has 0 saturated heterocycles. The summed E-state index contributed by atoms with van der Waals surface area (Å²) in [5.41, 5.74) is 4.92. The number of aryl methyl sites for hydroxylation is 4. The summed E-state index contributed by atoms with van der Waals surface area (Å²) in [4.78, 5) is 12.3. The molecule has 1 N–H and O–H groups in total. The second kappa shape index (κ2) is 6.47. The molecule has 0 atom stereocenters. The zero-order valence-electron chi connectivity index (χ0n) is 14.6. The van der Waals surface area contributed by atoms with Gasteiger partial charge in [0.2, 0.25) is 5.91 Å². The van der Waals surface area contributed by atoms with Crippen molar-refractivity contribution in [3.8, 4) is 0 Å². The van der Waals surface area contributed by atoms with Gasteiger partial charge in [-0.3, -0.25) is 14.2 Å². The number of carbonyl (C=O) groups is 1. The van der Waals surface area contributed by atoms with Crippen LogP contribution in [0.5, 0.6) is 0 Å². The summed E-state index contributed by atoms with van der Waals surface area (Å²) in [6.07, 6.45) is 2.22. The molecule has 0 aliphatic rings. The first-order chi connectivity index (χ1) is 11.5. The van der Waals surface area contributed by atoms with Crippen molar-refractivity contribution >= 4 is 22.5 Å². The number of nitrogens with zero attached hydrogens (tertiary/aromatic N) is 4. The van der Waals surface area contributed by atoms with E-state index in [-0.39, 0.29) is 5.91 Å². The molecule has 6 heteroatoms. The molecule has 1 aromatic carbocycles. The number of nitrogens with one attached hydrogen (secondary N) is 1. The van der Waals surface area contributed by atoms with E-state index in [1.165, 1.54) is 5.56 Å². The maximum atomic E-state index is 12.3. The van der Waals surface area contributed by atoms with Crippen molar-refractivity contribution in [2.24, 2.45) is 0 Å². The second-order valence-corrected chi connectivity index (χ2v) is 6.04. The van der Waals surface area contributed by atoms with Crippen molar-refractivity contribution in [1.29, 1.82) is 0 Å². The second-order valence-electron chi connectivity index (χ2n) is 6.04. The van der Waals surface area contributed by atoms with E-state index in [9.17, 15) is 4.79 Å². The van der Waals surface area contributed by atoms with Crippen LogP contribution in [0.4, 0.5) is 5.69 Å². The van der Waals surface area contributed by atoms with Gasteiger partial charge in [-0.05, 0) is 33.3 Å². The highest BCUT2D eigenvalue weighted by Crippen LogP contribution is 2.20. The number of aromatic nitrogens is 4. The summed E-state index contributed by atoms with van der Waals surface area (Å²) in [6.45, 7) is 9.34. The van der Waals surface area contributed by atoms with Gasteiger partial charge in [0.25, 0.3) is 0 Å². The number of benzene rings is 1. The minimum Gasteiger partial charge on any atom is -0.323 e. The summed E-state index contributed by atoms with van der Waals surface area (Å²) in [5, 5.41) is 12.9. The van der Waals surface area contributed by atoms with Crippen molar-refractivity contribution < 1.29 is 4.79 Å². The maximum Gasteiger partial charge on any atom is 0.226 e. The van der Waals surface area contributed by atoms with E-state index in [1.54, 1.807) is 0 Å². The van der Waals surface area contributed by atoms with E-state index in [1.807, 2.05) is 48.5 Å². The molecular formula is C18H23N5O. The van der Waals surface area contributed by atoms with E-state index in [2.05, 4.69) is 28.5 Å². The van der Waals surface area contributed by atoms with E-state index in [0.29, 0.717) is 13.0 Å². The molecule has 2 aromatic heterocycles. The Labute approximate surface area is 141 Å². The van der Waals surface area contributed by atoms with Gasteiger partial charge >= 0.3 is 0 Å². The first-order valence-corrected chi connectivity index (χ1v) is 8.26. The van der Waals surface area contributed by atoms with Crippen molar-refractivity contribution in [3.63, 3.8) is 0 Å². The molecule has 1 amide bonds. The molecule has 0 aliphatic carbocycles. The standard InChI is InChI=1S/C18H23N5O/c1-5-22-14(4)17(13(3)21-22)20-16(24)9-10-23-18-12(2)7-6-8-15(18)11-19-23/h6-8,11H,5,9-10H2,1-4H3,(H,20,24). The van der Waals surface area contributed by atoms with Crippen LogP contribution in [0.15, 0.2) is 24.4 Å². The van der Waals surface area contributed by atoms with Gasteiger partial charge in [0, 0.05) is 18.4 Å². The number of fused-ring (bicyclic) bond motifs is 1. The van der Waals surface area contributed by atoms with Gasteiger partial charge in [-0.25, -0.2) is 0 Å². The Balaban J connectivity index is 1.71. The van der Waals surface area contributed by atoms with Crippen molar-refractivity contribution in [1.82, 2.24) is 19.6 Å². The minimum atomic E-state index is -0.0194. The maximum absolute atomic E-state index is 12.3. The van der Waals surface area contributed by atoms with Crippen molar-refractivity contribution in [2.75, 3.05) is 5.32 Å². The summed E-state index contributed by atoms with van der Waals surface area (Å²) in [5.74, 6) is -0.0194. The van der Waals surface area contributed by atoms with Crippen molar-refractivity contribution in [3.05, 3.63) is 41.3 Å². The molecule has 0 radical (unpaired) electrons. The Hall–Kier alpha value is -2.63. The highest BCUT2D eigenvalue weighted by atomic mass is 16.1. The molecular weight excluding hydrogens is 302 g/mol. The van der Waals surface area contributed by atoms with Crippen LogP contribution in [0.3, 0.4) is 0 Å². The van der Waals surface area contributed by atoms with Crippen LogP contribution in [0.2, 0.25) is 0 Å². The Kier molecular flexibility index (Phi) is 4.38. The third-order valence-corrected chi connectivity index (χ3v) is 4.36. The molecule has 0 spiro atoms. The molecule has 24 heavy (non-hydrogen) atoms. The summed E-state index contributed by atoms with van der Waals surface area (Å²) in [7, 11) is 0. The molecule has 0 saturated carbocycles. The highest BCUT2D eigenvalue weighted by molar-refractivity contribution is 5.92. The summed E-state index contributed by atoms with van der Waals surface area (Å²) >= 11 is 0. The van der Waals surface area contributed by atoms with Crippen LogP contribution in [-0.2, 0) is 17.9 Å². The molecule has 0 unspecified atom stereocenters. The minimum absolute atomic E-state index is 0.0194. The van der Waals surface area contributed by atoms with Gasteiger partial charge in [-0.1, -0.05) is 18.2 Å². The fourth-order valence-electron chi connectivity index (χ4n) is 3.09. The van der Waals surface area contributed by atoms with Gasteiger partial charge in [0.05, 0.1) is 35.3 Å². The van der Waals surface area contributed by atoms with Crippen molar-refractivity contribution in [2.45, 2.75) is 47.2 Å². The lowest BCUT2D eigenvalue weighted by molar-refractivity contribution is -0.116. The van der Waals surface area contributed by atoms with E-state index in [4.69, 9.17) is 0 Å². The first kappa shape index (κ1) is 16.2. The number of carbonyl (C=O) groups excluding carboxylic acids is 1. The summed E-state index contributed by atoms with van der Waals surface area (Å²) < 4.78 is 3.80. The average molecular weight is 325 g/mol. The molecule has 126 valence electrons. The molecule has 0 bridgehead atoms. The zero-order valence-corrected chi connectivity index (χ0v) is 14.6. The van der Waals surface area contributed by atoms with E-state index < -0.39 is 0 Å². The van der Waals surface area contributed by atoms with Gasteiger partial charge in [-0.2, -0.15) is 10.2 Å². The van der Waals surface area contributed by atoms with Crippen LogP contribution >= 0.6 is 0 Å². The normalized spacial score (nSPS) is 11.2. The van der Waals surface area contributed by atoms with E-state index >= 15 is 0 Å². The number of rotatable bonds is 5. The highest BCUT2D eigenvalue weighted by Gasteiger charge is 2.14. The molecule has 2 heterocycles. The van der Waals surface area contributed by atoms with Crippen LogP contribution < -0.4 is 5.32 Å². The number of para-hydroxylation sites is 1. The lowest BCUT2D eigenvalue weighted by atomic mass is 10.2. The SMILES string of the molecule is CCn1nc(C)c(NC(=O)CCn2ncc3cccc(C)c32)c1C. The lowest BCUT2D eigenvalue weighted by Crippen LogP contribution is -2.16. The van der Waals surface area contributed by atoms with Gasteiger partial charge in [0.1, 0.15) is 0 Å². The van der Waals surface area contributed by atoms with Gasteiger partial charge < -0.3 is 5.32 Å². The smallest absolute Gasteiger partial charge is 0.226 e. The predicted octanol–water partition coefficient (Wildman–Crippen LogP) is 3.21. The van der Waals surface area contributed by atoms with Gasteiger partial charge in [0.15, 0.2) is 0 Å². The molecule has 0 aliphatic heterocycles. The quantitative estimate of drug-likeness (QED) is 0.783. The molecule has 6 nitrogen and oxygen atoms in total. The van der Waals surface area contributed by atoms with E-state index in [0.717, 1.165) is 34.5 Å². The Morgan fingerprint density at radius 2 is 2.00 bits per heavy atom. The number of hydrogen-bond acceptors (Lipinski definition) is 3. The molecule has 3 rings (SSSR count). The van der Waals surface area contributed by atoms with Crippen LogP contribution in [-0.4, -0.2) is 25.5 Å². The van der Waals surface area contributed by atoms with Gasteiger partial charge in [-0.15, -0.1) is 0 Å². The molecule has 0 fully saturated rings. The fourth-order valence-corrected chi connectivity index (χ4v) is 3.09. The predicted molar refractivity (Wildman–Crippen MR) is 95.1 cm³/mol. The number of anilines is 1. The van der Waals surface area contributed by atoms with Crippen LogP contribution in [0.1, 0.15) is 30.3 Å². The lowest BCUT2D eigenvalue weighted by Gasteiger charge is -2.08. The largest absolute Gasteiger partial charge is 0.323 e. The fraction of sp³-hybridized carbons (Fsp3) is 0.389. The Morgan fingerprint density at radius 1 is 1.21 bits per heavy atom. The zero-order chi connectivity index (χ0) is 17.3. The van der Waals surface area contributed by atoms with Crippen LogP contribution in [0, 0.1) is 20.8 Å². The summed E-state index contributed by atoms with van der Waals surface area (Å²) in [6, 6.07) is 6.12. The average Bonchev–Trinajstić information content (AvgIpc) is 3.09. The van der Waals surface area contributed by atoms with Crippen LogP contribution in [0.25, 0.3) is 10.9 Å². The number of hydrogen-bond donors (Lipinski definition) is 1. The third kappa shape index (κ3) is 2.91. The first-order valence-electron chi connectivity index (χ1n) is 8.26. The molecule has 3 aromatic rings. The Morgan fingerprint density at radius 3 is 2.71 bits per heavy atom. The topological polar surface area (TPSA) is 64.7 Å². The monoisotopic (exact) mass is 325 g/mol.